The molecule has 0 radical (unpaired) electrons. The van der Waals surface area contributed by atoms with E-state index in [1.54, 1.807) is 48.5 Å². The van der Waals surface area contributed by atoms with E-state index in [0.717, 1.165) is 16.1 Å². The van der Waals surface area contributed by atoms with Gasteiger partial charge in [0.25, 0.3) is 0 Å². The van der Waals surface area contributed by atoms with Crippen LogP contribution in [0.4, 0.5) is 5.69 Å². The molecule has 0 aromatic heterocycles. The smallest absolute Gasteiger partial charge is 0.247 e. The first-order valence-corrected chi connectivity index (χ1v) is 9.48. The van der Waals surface area contributed by atoms with Crippen LogP contribution in [0.3, 0.4) is 0 Å². The Bertz CT molecular complexity index is 838. The number of hydrogen-bond acceptors (Lipinski definition) is 3. The number of anilines is 1. The predicted molar refractivity (Wildman–Crippen MR) is 96.6 cm³/mol. The number of rotatable bonds is 5. The largest absolute Gasteiger partial charge is 0.324 e. The first-order valence-electron chi connectivity index (χ1n) is 7.25. The summed E-state index contributed by atoms with van der Waals surface area (Å²) >= 11 is 6.07. The van der Waals surface area contributed by atoms with Crippen LogP contribution in [0, 0.1) is 6.92 Å². The van der Waals surface area contributed by atoms with Gasteiger partial charge in [-0.2, -0.15) is 4.31 Å². The van der Waals surface area contributed by atoms with Crippen molar-refractivity contribution in [2.24, 2.45) is 0 Å². The van der Waals surface area contributed by atoms with E-state index in [4.69, 9.17) is 11.6 Å². The number of aryl methyl sites for hydroxylation is 1. The second-order valence-corrected chi connectivity index (χ2v) is 7.99. The van der Waals surface area contributed by atoms with Crippen LogP contribution in [-0.4, -0.2) is 31.9 Å². The maximum atomic E-state index is 12.7. The number of hydrogen-bond donors (Lipinski definition) is 1. The van der Waals surface area contributed by atoms with E-state index in [-0.39, 0.29) is 0 Å². The zero-order valence-electron chi connectivity index (χ0n) is 13.7. The molecule has 0 saturated carbocycles. The van der Waals surface area contributed by atoms with Crippen molar-refractivity contribution in [3.8, 4) is 0 Å². The molecular formula is C17H19ClN2O3S. The number of nitrogens with zero attached hydrogens (tertiary/aromatic N) is 1. The monoisotopic (exact) mass is 366 g/mol. The van der Waals surface area contributed by atoms with E-state index < -0.39 is 22.0 Å². The third kappa shape index (κ3) is 4.35. The lowest BCUT2D eigenvalue weighted by molar-refractivity contribution is -0.119. The van der Waals surface area contributed by atoms with Crippen LogP contribution >= 0.6 is 11.6 Å². The van der Waals surface area contributed by atoms with E-state index in [0.29, 0.717) is 16.3 Å². The highest BCUT2D eigenvalue weighted by molar-refractivity contribution is 7.88. The van der Waals surface area contributed by atoms with E-state index >= 15 is 0 Å². The number of halogens is 1. The fraction of sp³-hybridized carbons (Fsp3) is 0.235. The Morgan fingerprint density at radius 1 is 1.17 bits per heavy atom. The summed E-state index contributed by atoms with van der Waals surface area (Å²) in [5.41, 5.74) is 1.99. The van der Waals surface area contributed by atoms with Gasteiger partial charge in [0.15, 0.2) is 0 Å². The molecule has 1 atom stereocenters. The summed E-state index contributed by atoms with van der Waals surface area (Å²) in [6.07, 6.45) is 1.07. The fourth-order valence-corrected chi connectivity index (χ4v) is 3.02. The first kappa shape index (κ1) is 18.4. The van der Waals surface area contributed by atoms with Crippen LogP contribution in [0.25, 0.3) is 0 Å². The van der Waals surface area contributed by atoms with Crippen LogP contribution in [0.5, 0.6) is 0 Å². The van der Waals surface area contributed by atoms with Gasteiger partial charge >= 0.3 is 0 Å². The highest BCUT2D eigenvalue weighted by atomic mass is 35.5. The van der Waals surface area contributed by atoms with Gasteiger partial charge in [-0.05, 0) is 30.2 Å². The molecule has 0 spiro atoms. The highest BCUT2D eigenvalue weighted by Crippen LogP contribution is 2.25. The molecule has 2 aromatic carbocycles. The zero-order valence-corrected chi connectivity index (χ0v) is 15.2. The van der Waals surface area contributed by atoms with E-state index in [2.05, 4.69) is 5.32 Å². The average Bonchev–Trinajstić information content (AvgIpc) is 2.51. The van der Waals surface area contributed by atoms with Gasteiger partial charge in [0.1, 0.15) is 6.04 Å². The molecule has 7 heteroatoms. The van der Waals surface area contributed by atoms with Crippen LogP contribution in [0.2, 0.25) is 5.02 Å². The molecular weight excluding hydrogens is 348 g/mol. The number of carbonyl (C=O) groups excluding carboxylic acids is 1. The van der Waals surface area contributed by atoms with Crippen LogP contribution < -0.4 is 5.32 Å². The molecule has 0 unspecified atom stereocenters. The van der Waals surface area contributed by atoms with Crippen molar-refractivity contribution < 1.29 is 13.2 Å². The first-order chi connectivity index (χ1) is 11.2. The third-order valence-electron chi connectivity index (χ3n) is 3.69. The van der Waals surface area contributed by atoms with Crippen molar-refractivity contribution in [1.82, 2.24) is 4.31 Å². The Morgan fingerprint density at radius 3 is 2.33 bits per heavy atom. The quantitative estimate of drug-likeness (QED) is 0.883. The Labute approximate surface area is 147 Å². The lowest BCUT2D eigenvalue weighted by Crippen LogP contribution is -2.38. The molecule has 0 aliphatic rings. The minimum absolute atomic E-state index is 0.450. The molecule has 0 bridgehead atoms. The Kier molecular flexibility index (Phi) is 5.64. The number of likely N-dealkylation sites (N-methyl/N-ethyl adjacent to an activating group) is 1. The summed E-state index contributed by atoms with van der Waals surface area (Å²) < 4.78 is 24.9. The minimum Gasteiger partial charge on any atom is -0.324 e. The lowest BCUT2D eigenvalue weighted by Gasteiger charge is -2.25. The van der Waals surface area contributed by atoms with Gasteiger partial charge in [-0.25, -0.2) is 8.42 Å². The van der Waals surface area contributed by atoms with Gasteiger partial charge in [-0.15, -0.1) is 0 Å². The Balaban J connectivity index is 2.36. The van der Waals surface area contributed by atoms with Crippen molar-refractivity contribution in [2.45, 2.75) is 13.0 Å². The summed E-state index contributed by atoms with van der Waals surface area (Å²) in [6.45, 7) is 1.86. The maximum absolute atomic E-state index is 12.7. The molecule has 0 heterocycles. The van der Waals surface area contributed by atoms with E-state index in [1.165, 1.54) is 7.05 Å². The number of benzene rings is 2. The summed E-state index contributed by atoms with van der Waals surface area (Å²) in [6, 6.07) is 12.9. The fourth-order valence-electron chi connectivity index (χ4n) is 2.23. The van der Waals surface area contributed by atoms with Crippen molar-refractivity contribution in [3.63, 3.8) is 0 Å². The second kappa shape index (κ2) is 7.34. The molecule has 1 amide bonds. The van der Waals surface area contributed by atoms with Gasteiger partial charge in [-0.3, -0.25) is 4.79 Å². The number of sulfonamides is 1. The van der Waals surface area contributed by atoms with Gasteiger partial charge in [0, 0.05) is 17.8 Å². The molecule has 0 fully saturated rings. The number of carbonyl (C=O) groups is 1. The summed E-state index contributed by atoms with van der Waals surface area (Å²) in [4.78, 5) is 12.7. The molecule has 24 heavy (non-hydrogen) atoms. The topological polar surface area (TPSA) is 66.5 Å². The Hall–Kier alpha value is -1.89. The molecule has 5 nitrogen and oxygen atoms in total. The standard InChI is InChI=1S/C17H19ClN2O3S/c1-12-9-10-14(11-15(12)18)19-17(21)16(20(2)24(3,22)23)13-7-5-4-6-8-13/h4-11,16H,1-3H3,(H,19,21)/t16-/m1/s1. The normalized spacial score (nSPS) is 12.9. The molecule has 128 valence electrons. The summed E-state index contributed by atoms with van der Waals surface area (Å²) in [7, 11) is -2.17. The molecule has 2 rings (SSSR count). The lowest BCUT2D eigenvalue weighted by atomic mass is 10.1. The zero-order chi connectivity index (χ0) is 17.9. The van der Waals surface area contributed by atoms with Crippen molar-refractivity contribution in [3.05, 3.63) is 64.7 Å². The van der Waals surface area contributed by atoms with Crippen molar-refractivity contribution >= 4 is 33.2 Å². The minimum atomic E-state index is -3.56. The second-order valence-electron chi connectivity index (χ2n) is 5.55. The SMILES string of the molecule is Cc1ccc(NC(=O)[C@@H](c2ccccc2)N(C)S(C)(=O)=O)cc1Cl. The molecule has 2 aromatic rings. The van der Waals surface area contributed by atoms with Crippen LogP contribution in [0.1, 0.15) is 17.2 Å². The average molecular weight is 367 g/mol. The Morgan fingerprint density at radius 2 is 1.79 bits per heavy atom. The molecule has 0 aliphatic carbocycles. The van der Waals surface area contributed by atoms with Crippen LogP contribution in [-0.2, 0) is 14.8 Å². The van der Waals surface area contributed by atoms with E-state index in [9.17, 15) is 13.2 Å². The molecule has 0 saturated heterocycles. The maximum Gasteiger partial charge on any atom is 0.247 e. The molecule has 0 aliphatic heterocycles. The third-order valence-corrected chi connectivity index (χ3v) is 5.35. The predicted octanol–water partition coefficient (Wildman–Crippen LogP) is 3.22. The van der Waals surface area contributed by atoms with Gasteiger partial charge < -0.3 is 5.32 Å². The van der Waals surface area contributed by atoms with Gasteiger partial charge in [0.2, 0.25) is 15.9 Å². The summed E-state index contributed by atoms with van der Waals surface area (Å²) in [5, 5.41) is 3.26. The summed E-state index contributed by atoms with van der Waals surface area (Å²) in [5.74, 6) is -0.450. The van der Waals surface area contributed by atoms with E-state index in [1.807, 2.05) is 6.92 Å². The number of amides is 1. The van der Waals surface area contributed by atoms with Crippen molar-refractivity contribution in [2.75, 3.05) is 18.6 Å². The van der Waals surface area contributed by atoms with Gasteiger partial charge in [-0.1, -0.05) is 48.0 Å². The number of nitrogens with one attached hydrogen (secondary N) is 1. The van der Waals surface area contributed by atoms with Crippen LogP contribution in [0.15, 0.2) is 48.5 Å². The molecule has 1 N–H and O–H groups in total. The van der Waals surface area contributed by atoms with Gasteiger partial charge in [0.05, 0.1) is 6.26 Å². The highest BCUT2D eigenvalue weighted by Gasteiger charge is 2.30. The van der Waals surface area contributed by atoms with Crippen molar-refractivity contribution in [1.29, 1.82) is 0 Å².